The normalized spacial score (nSPS) is 11.1. The van der Waals surface area contributed by atoms with Crippen molar-refractivity contribution in [1.82, 2.24) is 0 Å². The molecular weight excluding hydrogens is 568 g/mol. The van der Waals surface area contributed by atoms with Crippen molar-refractivity contribution in [1.29, 1.82) is 0 Å². The van der Waals surface area contributed by atoms with Crippen LogP contribution in [-0.2, 0) is 51.4 Å². The Balaban J connectivity index is 1.37. The van der Waals surface area contributed by atoms with Gasteiger partial charge >= 0.3 is 0 Å². The van der Waals surface area contributed by atoms with Crippen LogP contribution in [0.4, 0.5) is 0 Å². The van der Waals surface area contributed by atoms with Crippen LogP contribution in [0, 0.1) is 0 Å². The van der Waals surface area contributed by atoms with E-state index >= 15 is 0 Å². The molecule has 4 N–H and O–H groups in total. The van der Waals surface area contributed by atoms with E-state index in [0.717, 1.165) is 77.0 Å². The molecule has 0 atom stereocenters. The van der Waals surface area contributed by atoms with Crippen molar-refractivity contribution < 1.29 is 20.4 Å². The van der Waals surface area contributed by atoms with E-state index in [1.54, 1.807) is 48.5 Å². The molecule has 0 spiro atoms. The Bertz CT molecular complexity index is 1510. The van der Waals surface area contributed by atoms with Crippen LogP contribution >= 0.6 is 0 Å². The fraction of sp³-hybridized carbons (Fsp3) is 0.286. The first kappa shape index (κ1) is 32.7. The predicted octanol–water partition coefficient (Wildman–Crippen LogP) is 9.21. The lowest BCUT2D eigenvalue weighted by molar-refractivity contribution is 0.474. The second-order valence-electron chi connectivity index (χ2n) is 12.4. The molecule has 5 aromatic rings. The molecule has 46 heavy (non-hydrogen) atoms. The number of phenols is 4. The Morgan fingerprint density at radius 2 is 0.500 bits per heavy atom. The summed E-state index contributed by atoms with van der Waals surface area (Å²) in [6.07, 6.45) is 12.1. The van der Waals surface area contributed by atoms with Gasteiger partial charge in [-0.15, -0.1) is 0 Å². The zero-order chi connectivity index (χ0) is 32.1. The molecular formula is C42H46O4. The van der Waals surface area contributed by atoms with Gasteiger partial charge in [-0.25, -0.2) is 0 Å². The monoisotopic (exact) mass is 614 g/mol. The maximum atomic E-state index is 9.74. The summed E-state index contributed by atoms with van der Waals surface area (Å²) in [6.45, 7) is 0. The Hall–Kier alpha value is -4.70. The van der Waals surface area contributed by atoms with Crippen molar-refractivity contribution in [2.75, 3.05) is 0 Å². The minimum absolute atomic E-state index is 0.301. The molecule has 5 aromatic carbocycles. The fourth-order valence-corrected chi connectivity index (χ4v) is 6.44. The summed E-state index contributed by atoms with van der Waals surface area (Å²) in [5.41, 5.74) is 10.8. The second kappa shape index (κ2) is 16.6. The highest BCUT2D eigenvalue weighted by molar-refractivity contribution is 5.43. The van der Waals surface area contributed by atoms with E-state index < -0.39 is 0 Å². The smallest absolute Gasteiger partial charge is 0.115 e. The fourth-order valence-electron chi connectivity index (χ4n) is 6.44. The minimum Gasteiger partial charge on any atom is -0.508 e. The molecule has 0 amide bonds. The van der Waals surface area contributed by atoms with Crippen LogP contribution in [0.1, 0.15) is 70.2 Å². The van der Waals surface area contributed by atoms with Crippen LogP contribution in [0.15, 0.2) is 109 Å². The first-order valence-corrected chi connectivity index (χ1v) is 16.7. The number of phenolic OH excluding ortho intramolecular Hbond substituents is 4. The van der Waals surface area contributed by atoms with Crippen molar-refractivity contribution in [2.24, 2.45) is 0 Å². The summed E-state index contributed by atoms with van der Waals surface area (Å²) in [6, 6.07) is 35.0. The van der Waals surface area contributed by atoms with Crippen molar-refractivity contribution in [3.63, 3.8) is 0 Å². The van der Waals surface area contributed by atoms with E-state index in [4.69, 9.17) is 0 Å². The third-order valence-electron chi connectivity index (χ3n) is 8.98. The topological polar surface area (TPSA) is 80.9 Å². The summed E-state index contributed by atoms with van der Waals surface area (Å²) in [4.78, 5) is 0. The Morgan fingerprint density at radius 3 is 0.761 bits per heavy atom. The minimum atomic E-state index is 0.301. The largest absolute Gasteiger partial charge is 0.508 e. The van der Waals surface area contributed by atoms with Gasteiger partial charge in [0.25, 0.3) is 0 Å². The average Bonchev–Trinajstić information content (AvgIpc) is 3.06. The standard InChI is InChI=1S/C42H46O4/c43-37-23-13-31(14-24-37)5-1-9-35-21-22-36(10-2-6-32-15-25-38(44)26-16-32)42(12-4-8-34-19-29-40(46)30-20-34)41(35)11-3-7-33-17-27-39(45)28-18-33/h13-30,43-46H,1-12H2. The van der Waals surface area contributed by atoms with Gasteiger partial charge in [0.1, 0.15) is 23.0 Å². The van der Waals surface area contributed by atoms with E-state index in [9.17, 15) is 20.4 Å². The van der Waals surface area contributed by atoms with E-state index in [1.165, 1.54) is 44.5 Å². The summed E-state index contributed by atoms with van der Waals surface area (Å²) in [7, 11) is 0. The summed E-state index contributed by atoms with van der Waals surface area (Å²) < 4.78 is 0. The number of benzene rings is 5. The predicted molar refractivity (Wildman–Crippen MR) is 187 cm³/mol. The van der Waals surface area contributed by atoms with E-state index in [-0.39, 0.29) is 0 Å². The SMILES string of the molecule is Oc1ccc(CCCc2ccc(CCCc3ccc(O)cc3)c(CCCc3ccc(O)cc3)c2CCCc2ccc(O)cc2)cc1. The van der Waals surface area contributed by atoms with Gasteiger partial charge in [-0.2, -0.15) is 0 Å². The number of hydrogen-bond donors (Lipinski definition) is 4. The lowest BCUT2D eigenvalue weighted by atomic mass is 9.85. The third kappa shape index (κ3) is 9.90. The average molecular weight is 615 g/mol. The van der Waals surface area contributed by atoms with Gasteiger partial charge in [0.05, 0.1) is 0 Å². The van der Waals surface area contributed by atoms with Gasteiger partial charge in [-0.05, 0) is 170 Å². The molecule has 0 unspecified atom stereocenters. The third-order valence-corrected chi connectivity index (χ3v) is 8.98. The van der Waals surface area contributed by atoms with E-state index in [2.05, 4.69) is 12.1 Å². The van der Waals surface area contributed by atoms with Crippen molar-refractivity contribution in [3.8, 4) is 23.0 Å². The Morgan fingerprint density at radius 1 is 0.261 bits per heavy atom. The van der Waals surface area contributed by atoms with Crippen LogP contribution in [0.25, 0.3) is 0 Å². The van der Waals surface area contributed by atoms with Crippen LogP contribution in [0.3, 0.4) is 0 Å². The molecule has 0 aliphatic heterocycles. The van der Waals surface area contributed by atoms with Gasteiger partial charge < -0.3 is 20.4 Å². The van der Waals surface area contributed by atoms with Crippen LogP contribution < -0.4 is 0 Å². The first-order chi connectivity index (χ1) is 22.4. The van der Waals surface area contributed by atoms with Crippen LogP contribution in [0.2, 0.25) is 0 Å². The molecule has 238 valence electrons. The molecule has 0 heterocycles. The summed E-state index contributed by atoms with van der Waals surface area (Å²) in [5, 5.41) is 38.9. The highest BCUT2D eigenvalue weighted by atomic mass is 16.3. The molecule has 0 aromatic heterocycles. The number of hydrogen-bond acceptors (Lipinski definition) is 4. The van der Waals surface area contributed by atoms with E-state index in [0.29, 0.717) is 23.0 Å². The Kier molecular flexibility index (Phi) is 11.8. The second-order valence-corrected chi connectivity index (χ2v) is 12.4. The molecule has 0 aliphatic rings. The zero-order valence-electron chi connectivity index (χ0n) is 26.7. The Labute approximate surface area is 273 Å². The van der Waals surface area contributed by atoms with Crippen molar-refractivity contribution >= 4 is 0 Å². The van der Waals surface area contributed by atoms with Gasteiger partial charge in [-0.1, -0.05) is 60.7 Å². The molecule has 0 saturated carbocycles. The molecule has 5 rings (SSSR count). The van der Waals surface area contributed by atoms with Gasteiger partial charge in [0, 0.05) is 0 Å². The summed E-state index contributed by atoms with van der Waals surface area (Å²) >= 11 is 0. The molecule has 4 nitrogen and oxygen atoms in total. The molecule has 0 saturated heterocycles. The maximum Gasteiger partial charge on any atom is 0.115 e. The number of aryl methyl sites for hydroxylation is 6. The zero-order valence-corrected chi connectivity index (χ0v) is 26.7. The molecule has 0 bridgehead atoms. The number of rotatable bonds is 16. The maximum absolute atomic E-state index is 9.74. The summed E-state index contributed by atoms with van der Waals surface area (Å²) in [5.74, 6) is 1.21. The molecule has 0 fully saturated rings. The molecule has 0 radical (unpaired) electrons. The van der Waals surface area contributed by atoms with Crippen molar-refractivity contribution in [2.45, 2.75) is 77.0 Å². The van der Waals surface area contributed by atoms with Gasteiger partial charge in [-0.3, -0.25) is 0 Å². The quantitative estimate of drug-likeness (QED) is 0.0893. The lowest BCUT2D eigenvalue weighted by Gasteiger charge is -2.20. The van der Waals surface area contributed by atoms with E-state index in [1.807, 2.05) is 48.5 Å². The molecule has 0 aliphatic carbocycles. The highest BCUT2D eigenvalue weighted by Gasteiger charge is 2.15. The highest BCUT2D eigenvalue weighted by Crippen LogP contribution is 2.28. The molecule has 4 heteroatoms. The first-order valence-electron chi connectivity index (χ1n) is 16.7. The lowest BCUT2D eigenvalue weighted by Crippen LogP contribution is -2.08. The van der Waals surface area contributed by atoms with Crippen LogP contribution in [0.5, 0.6) is 23.0 Å². The van der Waals surface area contributed by atoms with Gasteiger partial charge in [0.2, 0.25) is 0 Å². The van der Waals surface area contributed by atoms with Gasteiger partial charge in [0.15, 0.2) is 0 Å². The van der Waals surface area contributed by atoms with Crippen molar-refractivity contribution in [3.05, 3.63) is 154 Å². The van der Waals surface area contributed by atoms with Crippen LogP contribution in [-0.4, -0.2) is 20.4 Å². The number of aromatic hydroxyl groups is 4.